The number of nitrogens with two attached hydrogens (primary N) is 2. The topological polar surface area (TPSA) is 111 Å². The molecule has 0 aliphatic carbocycles. The van der Waals surface area contributed by atoms with E-state index in [1.54, 1.807) is 6.07 Å². The maximum absolute atomic E-state index is 11.9. The third-order valence-electron chi connectivity index (χ3n) is 2.94. The van der Waals surface area contributed by atoms with Crippen LogP contribution in [-0.4, -0.2) is 24.2 Å². The van der Waals surface area contributed by atoms with Gasteiger partial charge in [0.15, 0.2) is 11.6 Å². The largest absolute Gasteiger partial charge is 0.368 e. The van der Waals surface area contributed by atoms with Gasteiger partial charge in [0.05, 0.1) is 6.34 Å². The highest BCUT2D eigenvalue weighted by Gasteiger charge is 2.53. The molecule has 2 amide bonds. The summed E-state index contributed by atoms with van der Waals surface area (Å²) >= 11 is 12.1. The Balaban J connectivity index is 2.72. The maximum atomic E-state index is 11.9. The van der Waals surface area contributed by atoms with E-state index in [1.165, 1.54) is 18.5 Å². The fourth-order valence-corrected chi connectivity index (χ4v) is 2.80. The van der Waals surface area contributed by atoms with E-state index in [-0.39, 0.29) is 15.6 Å². The summed E-state index contributed by atoms with van der Waals surface area (Å²) in [5.41, 5.74) is 9.21. The summed E-state index contributed by atoms with van der Waals surface area (Å²) in [6.45, 7) is 0. The molecular weight excluding hydrogens is 291 g/mol. The second kappa shape index (κ2) is 4.71. The number of rotatable bonds is 3. The number of amides is 2. The standard InChI is InChI=1S/C11H10Cl2N4O2/c12-5-2-1-3-6(13)7(5)11(10(15)19)8(9(14)18)16-4-17-11/h1-4,8H,(H2,14,18)(H2,15,19)(H,16,17). The van der Waals surface area contributed by atoms with Crippen LogP contribution in [0.5, 0.6) is 0 Å². The number of benzene rings is 1. The number of primary amides is 2. The summed E-state index contributed by atoms with van der Waals surface area (Å²) in [7, 11) is 0. The first-order valence-electron chi connectivity index (χ1n) is 5.24. The lowest BCUT2D eigenvalue weighted by Crippen LogP contribution is -2.59. The summed E-state index contributed by atoms with van der Waals surface area (Å²) in [6, 6.07) is 3.47. The van der Waals surface area contributed by atoms with Crippen LogP contribution < -0.4 is 16.8 Å². The molecule has 1 heterocycles. The van der Waals surface area contributed by atoms with Gasteiger partial charge >= 0.3 is 0 Å². The molecule has 100 valence electrons. The Hall–Kier alpha value is -1.79. The van der Waals surface area contributed by atoms with Crippen LogP contribution in [0.3, 0.4) is 0 Å². The van der Waals surface area contributed by atoms with Crippen LogP contribution in [0.25, 0.3) is 0 Å². The molecule has 1 aliphatic heterocycles. The van der Waals surface area contributed by atoms with Gasteiger partial charge in [-0.25, -0.2) is 0 Å². The Kier molecular flexibility index (Phi) is 3.38. The zero-order chi connectivity index (χ0) is 14.2. The Bertz CT molecular complexity index is 570. The minimum Gasteiger partial charge on any atom is -0.368 e. The van der Waals surface area contributed by atoms with Crippen molar-refractivity contribution < 1.29 is 9.59 Å². The van der Waals surface area contributed by atoms with E-state index in [4.69, 9.17) is 34.7 Å². The summed E-state index contributed by atoms with van der Waals surface area (Å²) in [5, 5.41) is 3.04. The lowest BCUT2D eigenvalue weighted by Gasteiger charge is -2.31. The lowest BCUT2D eigenvalue weighted by molar-refractivity contribution is -0.130. The third kappa shape index (κ3) is 1.93. The SMILES string of the molecule is NC(=O)C1N=CNC1(C(N)=O)c1c(Cl)cccc1Cl. The molecule has 0 aromatic heterocycles. The van der Waals surface area contributed by atoms with Crippen molar-refractivity contribution in [2.24, 2.45) is 16.5 Å². The highest BCUT2D eigenvalue weighted by atomic mass is 35.5. The van der Waals surface area contributed by atoms with Crippen LogP contribution in [0.2, 0.25) is 10.0 Å². The summed E-state index contributed by atoms with van der Waals surface area (Å²) in [6.07, 6.45) is 1.19. The molecule has 19 heavy (non-hydrogen) atoms. The normalized spacial score (nSPS) is 25.1. The van der Waals surface area contributed by atoms with Crippen LogP contribution >= 0.6 is 23.2 Å². The molecule has 2 atom stereocenters. The zero-order valence-electron chi connectivity index (χ0n) is 9.56. The van der Waals surface area contributed by atoms with E-state index in [0.29, 0.717) is 0 Å². The molecule has 0 saturated heterocycles. The molecule has 0 fully saturated rings. The molecule has 8 heteroatoms. The van der Waals surface area contributed by atoms with E-state index in [0.717, 1.165) is 0 Å². The summed E-state index contributed by atoms with van der Waals surface area (Å²) in [4.78, 5) is 27.2. The number of carbonyl (C=O) groups excluding carboxylic acids is 2. The first-order valence-corrected chi connectivity index (χ1v) is 6.00. The van der Waals surface area contributed by atoms with Crippen molar-refractivity contribution in [2.45, 2.75) is 11.6 Å². The van der Waals surface area contributed by atoms with Crippen LogP contribution in [-0.2, 0) is 15.1 Å². The molecule has 0 saturated carbocycles. The Morgan fingerprint density at radius 2 is 1.84 bits per heavy atom. The number of hydrogen-bond acceptors (Lipinski definition) is 4. The molecule has 2 unspecified atom stereocenters. The highest BCUT2D eigenvalue weighted by Crippen LogP contribution is 2.39. The van der Waals surface area contributed by atoms with Gasteiger partial charge in [-0.3, -0.25) is 14.6 Å². The van der Waals surface area contributed by atoms with Crippen LogP contribution in [0.15, 0.2) is 23.2 Å². The van der Waals surface area contributed by atoms with Crippen molar-refractivity contribution in [1.82, 2.24) is 5.32 Å². The minimum atomic E-state index is -1.67. The number of nitrogens with one attached hydrogen (secondary N) is 1. The van der Waals surface area contributed by atoms with E-state index in [1.807, 2.05) is 0 Å². The van der Waals surface area contributed by atoms with Gasteiger partial charge in [0, 0.05) is 15.6 Å². The summed E-state index contributed by atoms with van der Waals surface area (Å²) < 4.78 is 0. The van der Waals surface area contributed by atoms with Gasteiger partial charge in [-0.05, 0) is 12.1 Å². The van der Waals surface area contributed by atoms with Crippen LogP contribution in [0, 0.1) is 0 Å². The maximum Gasteiger partial charge on any atom is 0.250 e. The predicted octanol–water partition coefficient (Wildman–Crippen LogP) is 0.159. The summed E-state index contributed by atoms with van der Waals surface area (Å²) in [5.74, 6) is -1.65. The Morgan fingerprint density at radius 1 is 1.26 bits per heavy atom. The van der Waals surface area contributed by atoms with Crippen molar-refractivity contribution in [3.63, 3.8) is 0 Å². The van der Waals surface area contributed by atoms with E-state index < -0.39 is 23.4 Å². The van der Waals surface area contributed by atoms with E-state index in [9.17, 15) is 9.59 Å². The highest BCUT2D eigenvalue weighted by molar-refractivity contribution is 6.37. The van der Waals surface area contributed by atoms with E-state index >= 15 is 0 Å². The number of halogens is 2. The number of nitrogens with zero attached hydrogens (tertiary/aromatic N) is 1. The van der Waals surface area contributed by atoms with Gasteiger partial charge in [-0.1, -0.05) is 29.3 Å². The first kappa shape index (κ1) is 13.6. The molecule has 0 spiro atoms. The molecule has 0 bridgehead atoms. The van der Waals surface area contributed by atoms with Gasteiger partial charge in [0.2, 0.25) is 5.91 Å². The molecule has 1 aliphatic rings. The van der Waals surface area contributed by atoms with Crippen molar-refractivity contribution >= 4 is 41.4 Å². The molecule has 6 nitrogen and oxygen atoms in total. The Labute approximate surface area is 118 Å². The fourth-order valence-electron chi connectivity index (χ4n) is 2.10. The molecule has 2 rings (SSSR count). The third-order valence-corrected chi connectivity index (χ3v) is 3.57. The Morgan fingerprint density at radius 3 is 2.32 bits per heavy atom. The molecule has 1 aromatic carbocycles. The van der Waals surface area contributed by atoms with Crippen molar-refractivity contribution in [2.75, 3.05) is 0 Å². The van der Waals surface area contributed by atoms with Gasteiger partial charge in [0.1, 0.15) is 0 Å². The van der Waals surface area contributed by atoms with Gasteiger partial charge in [-0.2, -0.15) is 0 Å². The molecule has 1 aromatic rings. The van der Waals surface area contributed by atoms with Crippen molar-refractivity contribution in [3.8, 4) is 0 Å². The monoisotopic (exact) mass is 300 g/mol. The van der Waals surface area contributed by atoms with Crippen molar-refractivity contribution in [1.29, 1.82) is 0 Å². The second-order valence-corrected chi connectivity index (χ2v) is 4.81. The molecule has 5 N–H and O–H groups in total. The zero-order valence-corrected chi connectivity index (χ0v) is 11.1. The quantitative estimate of drug-likeness (QED) is 0.739. The number of aliphatic imine (C=N–C) groups is 1. The lowest BCUT2D eigenvalue weighted by atomic mass is 9.82. The molecular formula is C11H10Cl2N4O2. The van der Waals surface area contributed by atoms with Crippen molar-refractivity contribution in [3.05, 3.63) is 33.8 Å². The number of hydrogen-bond donors (Lipinski definition) is 3. The van der Waals surface area contributed by atoms with Crippen LogP contribution in [0.1, 0.15) is 5.56 Å². The van der Waals surface area contributed by atoms with Gasteiger partial charge in [0.25, 0.3) is 5.91 Å². The van der Waals surface area contributed by atoms with Crippen LogP contribution in [0.4, 0.5) is 0 Å². The number of carbonyl (C=O) groups is 2. The van der Waals surface area contributed by atoms with Gasteiger partial charge in [-0.15, -0.1) is 0 Å². The minimum absolute atomic E-state index is 0.187. The average Bonchev–Trinajstić information content (AvgIpc) is 2.74. The average molecular weight is 301 g/mol. The smallest absolute Gasteiger partial charge is 0.250 e. The van der Waals surface area contributed by atoms with E-state index in [2.05, 4.69) is 10.3 Å². The first-order chi connectivity index (χ1) is 8.91. The fraction of sp³-hybridized carbons (Fsp3) is 0.182. The second-order valence-electron chi connectivity index (χ2n) is 4.00. The predicted molar refractivity (Wildman–Crippen MR) is 71.9 cm³/mol. The van der Waals surface area contributed by atoms with Gasteiger partial charge < -0.3 is 16.8 Å². The molecule has 0 radical (unpaired) electrons.